The summed E-state index contributed by atoms with van der Waals surface area (Å²) in [7, 11) is 3.16. The number of aromatic nitrogens is 1. The highest BCUT2D eigenvalue weighted by atomic mass is 32.1. The van der Waals surface area contributed by atoms with Gasteiger partial charge in [-0.05, 0) is 24.6 Å². The predicted octanol–water partition coefficient (Wildman–Crippen LogP) is 3.48. The van der Waals surface area contributed by atoms with Crippen molar-refractivity contribution >= 4 is 17.2 Å². The quantitative estimate of drug-likeness (QED) is 0.478. The van der Waals surface area contributed by atoms with Gasteiger partial charge in [-0.2, -0.15) is 13.2 Å². The standard InChI is InChI=1S/C22H28F3N3O4S/c1-30-18-5-4-16(12-19(18)31-2)21-26-17(14-33-21)13-20(29)28-9-7-27(8-10-28)6-3-11-32-15-22(23,24)25/h4-5,12,14H,3,6-11,13,15H2,1-2H3. The highest BCUT2D eigenvalue weighted by Gasteiger charge is 2.27. The molecule has 3 rings (SSSR count). The lowest BCUT2D eigenvalue weighted by Gasteiger charge is -2.34. The van der Waals surface area contributed by atoms with Crippen LogP contribution in [0.1, 0.15) is 12.1 Å². The maximum Gasteiger partial charge on any atom is 0.411 e. The zero-order chi connectivity index (χ0) is 23.8. The number of hydrogen-bond acceptors (Lipinski definition) is 7. The Hall–Kier alpha value is -2.37. The zero-order valence-electron chi connectivity index (χ0n) is 18.7. The number of alkyl halides is 3. The smallest absolute Gasteiger partial charge is 0.411 e. The van der Waals surface area contributed by atoms with Crippen molar-refractivity contribution in [3.05, 3.63) is 29.3 Å². The summed E-state index contributed by atoms with van der Waals surface area (Å²) >= 11 is 1.47. The molecule has 33 heavy (non-hydrogen) atoms. The van der Waals surface area contributed by atoms with Gasteiger partial charge in [-0.1, -0.05) is 0 Å². The molecule has 1 saturated heterocycles. The minimum absolute atomic E-state index is 0.0207. The van der Waals surface area contributed by atoms with Gasteiger partial charge in [0.05, 0.1) is 26.3 Å². The molecule has 182 valence electrons. The van der Waals surface area contributed by atoms with E-state index < -0.39 is 12.8 Å². The van der Waals surface area contributed by atoms with E-state index in [0.717, 1.165) is 16.3 Å². The number of ether oxygens (including phenoxy) is 3. The number of halogens is 3. The minimum Gasteiger partial charge on any atom is -0.493 e. The minimum atomic E-state index is -4.29. The average Bonchev–Trinajstić information content (AvgIpc) is 3.26. The first-order chi connectivity index (χ1) is 15.8. The Bertz CT molecular complexity index is 915. The summed E-state index contributed by atoms with van der Waals surface area (Å²) in [6.45, 7) is 2.09. The van der Waals surface area contributed by atoms with Gasteiger partial charge < -0.3 is 19.1 Å². The Balaban J connectivity index is 1.43. The summed E-state index contributed by atoms with van der Waals surface area (Å²) in [5.74, 6) is 1.28. The van der Waals surface area contributed by atoms with Crippen LogP contribution in [0.25, 0.3) is 10.6 Å². The Morgan fingerprint density at radius 1 is 1.12 bits per heavy atom. The maximum absolute atomic E-state index is 12.7. The molecule has 0 atom stereocenters. The van der Waals surface area contributed by atoms with Crippen molar-refractivity contribution < 1.29 is 32.2 Å². The molecule has 1 aliphatic rings. The third kappa shape index (κ3) is 7.58. The molecule has 2 heterocycles. The molecule has 0 aliphatic carbocycles. The molecular formula is C22H28F3N3O4S. The SMILES string of the molecule is COc1ccc(-c2nc(CC(=O)N3CCN(CCCOCC(F)(F)F)CC3)cs2)cc1OC. The number of rotatable bonds is 10. The van der Waals surface area contributed by atoms with E-state index in [1.807, 2.05) is 28.5 Å². The van der Waals surface area contributed by atoms with Crippen LogP contribution in [0.4, 0.5) is 13.2 Å². The van der Waals surface area contributed by atoms with E-state index in [1.54, 1.807) is 14.2 Å². The van der Waals surface area contributed by atoms with Crippen molar-refractivity contribution in [1.29, 1.82) is 0 Å². The lowest BCUT2D eigenvalue weighted by Crippen LogP contribution is -2.49. The number of thiazole rings is 1. The third-order valence-electron chi connectivity index (χ3n) is 5.27. The number of methoxy groups -OCH3 is 2. The highest BCUT2D eigenvalue weighted by Crippen LogP contribution is 2.33. The maximum atomic E-state index is 12.7. The summed E-state index contributed by atoms with van der Waals surface area (Å²) < 4.78 is 51.5. The Kier molecular flexibility index (Phi) is 8.93. The van der Waals surface area contributed by atoms with Crippen LogP contribution in [0.15, 0.2) is 23.6 Å². The van der Waals surface area contributed by atoms with Gasteiger partial charge in [0.25, 0.3) is 0 Å². The molecule has 1 aliphatic heterocycles. The number of nitrogens with zero attached hydrogens (tertiary/aromatic N) is 3. The summed E-state index contributed by atoms with van der Waals surface area (Å²) in [6, 6.07) is 5.58. The number of carbonyl (C=O) groups excluding carboxylic acids is 1. The molecule has 0 saturated carbocycles. The van der Waals surface area contributed by atoms with Crippen LogP contribution in [-0.4, -0.2) is 87.0 Å². The lowest BCUT2D eigenvalue weighted by molar-refractivity contribution is -0.174. The van der Waals surface area contributed by atoms with E-state index in [9.17, 15) is 18.0 Å². The molecule has 11 heteroatoms. The first-order valence-corrected chi connectivity index (χ1v) is 11.5. The molecule has 0 radical (unpaired) electrons. The van der Waals surface area contributed by atoms with Gasteiger partial charge in [0.2, 0.25) is 5.91 Å². The molecule has 2 aromatic rings. The topological polar surface area (TPSA) is 64.1 Å². The average molecular weight is 488 g/mol. The van der Waals surface area contributed by atoms with Crippen LogP contribution < -0.4 is 9.47 Å². The van der Waals surface area contributed by atoms with Crippen LogP contribution in [0, 0.1) is 0 Å². The summed E-state index contributed by atoms with van der Waals surface area (Å²) in [5.41, 5.74) is 1.61. The molecule has 1 aromatic heterocycles. The monoisotopic (exact) mass is 487 g/mol. The second-order valence-corrected chi connectivity index (χ2v) is 8.49. The van der Waals surface area contributed by atoms with E-state index in [2.05, 4.69) is 14.6 Å². The van der Waals surface area contributed by atoms with Crippen molar-refractivity contribution in [3.63, 3.8) is 0 Å². The molecule has 0 spiro atoms. The van der Waals surface area contributed by atoms with Gasteiger partial charge in [-0.3, -0.25) is 9.69 Å². The number of benzene rings is 1. The van der Waals surface area contributed by atoms with Gasteiger partial charge >= 0.3 is 6.18 Å². The van der Waals surface area contributed by atoms with Gasteiger partial charge in [-0.15, -0.1) is 11.3 Å². The van der Waals surface area contributed by atoms with Gasteiger partial charge in [0.1, 0.15) is 11.6 Å². The third-order valence-corrected chi connectivity index (χ3v) is 6.21. The molecule has 0 unspecified atom stereocenters. The van der Waals surface area contributed by atoms with Crippen LogP contribution in [0.3, 0.4) is 0 Å². The van der Waals surface area contributed by atoms with Crippen LogP contribution in [-0.2, 0) is 16.0 Å². The largest absolute Gasteiger partial charge is 0.493 e. The van der Waals surface area contributed by atoms with Crippen LogP contribution >= 0.6 is 11.3 Å². The molecule has 1 fully saturated rings. The summed E-state index contributed by atoms with van der Waals surface area (Å²) in [4.78, 5) is 21.3. The van der Waals surface area contributed by atoms with E-state index in [0.29, 0.717) is 50.6 Å². The van der Waals surface area contributed by atoms with Crippen molar-refractivity contribution in [2.24, 2.45) is 0 Å². The van der Waals surface area contributed by atoms with Crippen LogP contribution in [0.5, 0.6) is 11.5 Å². The van der Waals surface area contributed by atoms with Crippen molar-refractivity contribution in [1.82, 2.24) is 14.8 Å². The second-order valence-electron chi connectivity index (χ2n) is 7.63. The zero-order valence-corrected chi connectivity index (χ0v) is 19.5. The predicted molar refractivity (Wildman–Crippen MR) is 119 cm³/mol. The van der Waals surface area contributed by atoms with Gasteiger partial charge in [-0.25, -0.2) is 4.98 Å². The fourth-order valence-electron chi connectivity index (χ4n) is 3.56. The molecule has 1 aromatic carbocycles. The fourth-order valence-corrected chi connectivity index (χ4v) is 4.37. The Morgan fingerprint density at radius 2 is 1.85 bits per heavy atom. The molecular weight excluding hydrogens is 459 g/mol. The number of amides is 1. The van der Waals surface area contributed by atoms with Gasteiger partial charge in [0, 0.05) is 50.3 Å². The van der Waals surface area contributed by atoms with E-state index in [1.165, 1.54) is 11.3 Å². The Morgan fingerprint density at radius 3 is 2.52 bits per heavy atom. The number of piperazine rings is 1. The lowest BCUT2D eigenvalue weighted by atomic mass is 10.2. The highest BCUT2D eigenvalue weighted by molar-refractivity contribution is 7.13. The van der Waals surface area contributed by atoms with Gasteiger partial charge in [0.15, 0.2) is 11.5 Å². The van der Waals surface area contributed by atoms with Crippen molar-refractivity contribution in [3.8, 4) is 22.1 Å². The van der Waals surface area contributed by atoms with E-state index in [-0.39, 0.29) is 18.9 Å². The number of carbonyl (C=O) groups is 1. The molecule has 7 nitrogen and oxygen atoms in total. The molecule has 0 N–H and O–H groups in total. The van der Waals surface area contributed by atoms with Crippen LogP contribution in [0.2, 0.25) is 0 Å². The molecule has 1 amide bonds. The normalized spacial score (nSPS) is 15.0. The Labute approximate surface area is 195 Å². The number of hydrogen-bond donors (Lipinski definition) is 0. The van der Waals surface area contributed by atoms with E-state index in [4.69, 9.17) is 9.47 Å². The first kappa shape index (κ1) is 25.3. The molecule has 0 bridgehead atoms. The van der Waals surface area contributed by atoms with Crippen molar-refractivity contribution in [2.75, 3.05) is 60.2 Å². The second kappa shape index (κ2) is 11.7. The van der Waals surface area contributed by atoms with E-state index >= 15 is 0 Å². The van der Waals surface area contributed by atoms with Crippen molar-refractivity contribution in [2.45, 2.75) is 19.0 Å². The first-order valence-electron chi connectivity index (χ1n) is 10.6. The summed E-state index contributed by atoms with van der Waals surface area (Å²) in [6.07, 6.45) is -3.53. The fraction of sp³-hybridized carbons (Fsp3) is 0.545. The summed E-state index contributed by atoms with van der Waals surface area (Å²) in [5, 5.41) is 2.69.